The average molecular weight is 364 g/mol. The molecule has 144 valence electrons. The van der Waals surface area contributed by atoms with Crippen LogP contribution in [0.1, 0.15) is 46.0 Å². The summed E-state index contributed by atoms with van der Waals surface area (Å²) in [6, 6.07) is 0. The first-order valence-electron chi connectivity index (χ1n) is 9.87. The van der Waals surface area contributed by atoms with Gasteiger partial charge in [-0.1, -0.05) is 18.6 Å². The van der Waals surface area contributed by atoms with Crippen molar-refractivity contribution >= 4 is 6.29 Å². The number of carbonyl (C=O) groups is 1. The molecule has 5 aliphatic rings. The molecule has 6 heteroatoms. The second-order valence-electron chi connectivity index (χ2n) is 8.87. The third kappa shape index (κ3) is 1.92. The van der Waals surface area contributed by atoms with Gasteiger partial charge in [0.1, 0.15) is 24.1 Å². The summed E-state index contributed by atoms with van der Waals surface area (Å²) in [6.07, 6.45) is 5.08. The van der Waals surface area contributed by atoms with Crippen LogP contribution in [0.25, 0.3) is 0 Å². The van der Waals surface area contributed by atoms with Crippen molar-refractivity contribution in [2.75, 3.05) is 13.2 Å². The average Bonchev–Trinajstić information content (AvgIpc) is 3.43. The lowest BCUT2D eigenvalue weighted by Gasteiger charge is -2.55. The van der Waals surface area contributed by atoms with E-state index in [9.17, 15) is 9.90 Å². The third-order valence-corrected chi connectivity index (χ3v) is 7.79. The largest absolute Gasteiger partial charge is 0.390 e. The Morgan fingerprint density at radius 2 is 2.19 bits per heavy atom. The molecular formula is C20H28O6. The number of hydrogen-bond acceptors (Lipinski definition) is 6. The first kappa shape index (κ1) is 17.3. The minimum atomic E-state index is -0.831. The van der Waals surface area contributed by atoms with E-state index in [0.717, 1.165) is 32.0 Å². The van der Waals surface area contributed by atoms with Crippen LogP contribution >= 0.6 is 0 Å². The number of allylic oxidation sites excluding steroid dienone is 1. The minimum Gasteiger partial charge on any atom is -0.390 e. The molecule has 3 heterocycles. The zero-order chi connectivity index (χ0) is 18.2. The molecule has 1 N–H and O–H groups in total. The van der Waals surface area contributed by atoms with Gasteiger partial charge in [-0.05, 0) is 39.0 Å². The van der Waals surface area contributed by atoms with Crippen molar-refractivity contribution in [2.24, 2.45) is 10.8 Å². The summed E-state index contributed by atoms with van der Waals surface area (Å²) in [6.45, 7) is 5.25. The molecule has 3 saturated heterocycles. The fourth-order valence-electron chi connectivity index (χ4n) is 6.00. The highest BCUT2D eigenvalue weighted by atomic mass is 16.7. The zero-order valence-corrected chi connectivity index (χ0v) is 15.5. The van der Waals surface area contributed by atoms with Gasteiger partial charge in [0.05, 0.1) is 24.2 Å². The summed E-state index contributed by atoms with van der Waals surface area (Å²) in [7, 11) is 0. The smallest absolute Gasteiger partial charge is 0.158 e. The number of rotatable bonds is 3. The Morgan fingerprint density at radius 1 is 1.38 bits per heavy atom. The number of aliphatic hydroxyl groups excluding tert-OH is 1. The summed E-state index contributed by atoms with van der Waals surface area (Å²) >= 11 is 0. The predicted molar refractivity (Wildman–Crippen MR) is 91.4 cm³/mol. The Labute approximate surface area is 153 Å². The molecule has 8 atom stereocenters. The van der Waals surface area contributed by atoms with Crippen molar-refractivity contribution < 1.29 is 28.8 Å². The second kappa shape index (κ2) is 5.61. The molecule has 6 nitrogen and oxygen atoms in total. The van der Waals surface area contributed by atoms with Crippen LogP contribution in [0, 0.1) is 10.8 Å². The summed E-state index contributed by atoms with van der Waals surface area (Å²) in [5.74, 6) is 0. The Kier molecular flexibility index (Phi) is 3.74. The van der Waals surface area contributed by atoms with Gasteiger partial charge in [-0.25, -0.2) is 0 Å². The van der Waals surface area contributed by atoms with Gasteiger partial charge < -0.3 is 28.8 Å². The van der Waals surface area contributed by atoms with Gasteiger partial charge in [-0.15, -0.1) is 0 Å². The van der Waals surface area contributed by atoms with Crippen LogP contribution < -0.4 is 0 Å². The zero-order valence-electron chi connectivity index (χ0n) is 15.5. The van der Waals surface area contributed by atoms with E-state index in [2.05, 4.69) is 13.0 Å². The van der Waals surface area contributed by atoms with Crippen LogP contribution in [0.5, 0.6) is 0 Å². The van der Waals surface area contributed by atoms with Gasteiger partial charge in [0, 0.05) is 12.0 Å². The molecule has 1 spiro atoms. The van der Waals surface area contributed by atoms with Crippen molar-refractivity contribution in [3.63, 3.8) is 0 Å². The van der Waals surface area contributed by atoms with Crippen LogP contribution in [-0.2, 0) is 23.7 Å². The lowest BCUT2D eigenvalue weighted by Crippen LogP contribution is -2.65. The molecule has 0 amide bonds. The number of carbonyl (C=O) groups excluding carboxylic acids is 1. The Bertz CT molecular complexity index is 636. The highest BCUT2D eigenvalue weighted by Gasteiger charge is 2.85. The first-order chi connectivity index (χ1) is 12.5. The predicted octanol–water partition coefficient (Wildman–Crippen LogP) is 1.74. The maximum absolute atomic E-state index is 12.4. The molecule has 0 aromatic heterocycles. The number of hydrogen-bond donors (Lipinski definition) is 1. The lowest BCUT2D eigenvalue weighted by atomic mass is 9.52. The van der Waals surface area contributed by atoms with Crippen molar-refractivity contribution in [1.29, 1.82) is 0 Å². The molecule has 5 rings (SSSR count). The van der Waals surface area contributed by atoms with Gasteiger partial charge in [0.25, 0.3) is 0 Å². The molecule has 3 aliphatic heterocycles. The topological polar surface area (TPSA) is 77.5 Å². The molecule has 0 aromatic rings. The highest BCUT2D eigenvalue weighted by molar-refractivity contribution is 5.67. The van der Waals surface area contributed by atoms with E-state index in [0.29, 0.717) is 19.6 Å². The van der Waals surface area contributed by atoms with Gasteiger partial charge in [-0.3, -0.25) is 0 Å². The van der Waals surface area contributed by atoms with Crippen LogP contribution in [0.3, 0.4) is 0 Å². The van der Waals surface area contributed by atoms with Crippen molar-refractivity contribution in [3.8, 4) is 0 Å². The Balaban J connectivity index is 1.55. The van der Waals surface area contributed by atoms with Crippen molar-refractivity contribution in [2.45, 2.75) is 82.3 Å². The summed E-state index contributed by atoms with van der Waals surface area (Å²) in [5, 5.41) is 11.4. The lowest BCUT2D eigenvalue weighted by molar-refractivity contribution is -0.229. The highest BCUT2D eigenvalue weighted by Crippen LogP contribution is 2.71. The monoisotopic (exact) mass is 364 g/mol. The van der Waals surface area contributed by atoms with Crippen LogP contribution in [0.4, 0.5) is 0 Å². The summed E-state index contributed by atoms with van der Waals surface area (Å²) in [5.41, 5.74) is -0.927. The minimum absolute atomic E-state index is 0.322. The van der Waals surface area contributed by atoms with Gasteiger partial charge in [0.2, 0.25) is 0 Å². The van der Waals surface area contributed by atoms with Crippen LogP contribution in [-0.4, -0.2) is 60.9 Å². The second-order valence-corrected chi connectivity index (χ2v) is 8.87. The van der Waals surface area contributed by atoms with Gasteiger partial charge in [0.15, 0.2) is 6.29 Å². The third-order valence-electron chi connectivity index (χ3n) is 7.79. The first-order valence-corrected chi connectivity index (χ1v) is 9.87. The number of epoxide rings is 1. The SMILES string of the molecule is CC1=CC2OC3[C@H](OC4CCCCO4)[C@@H](O)[C@@](C)(C34CO4)[C@@]2(C=O)CC1. The number of ether oxygens (including phenoxy) is 4. The normalized spacial score (nSPS) is 55.3. The van der Waals surface area contributed by atoms with E-state index in [1.54, 1.807) is 0 Å². The quantitative estimate of drug-likeness (QED) is 0.467. The molecule has 2 bridgehead atoms. The number of aliphatic hydroxyl groups is 1. The summed E-state index contributed by atoms with van der Waals surface area (Å²) in [4.78, 5) is 12.4. The van der Waals surface area contributed by atoms with Crippen molar-refractivity contribution in [1.82, 2.24) is 0 Å². The molecule has 0 radical (unpaired) electrons. The van der Waals surface area contributed by atoms with Crippen LogP contribution in [0.2, 0.25) is 0 Å². The fourth-order valence-corrected chi connectivity index (χ4v) is 6.00. The van der Waals surface area contributed by atoms with Gasteiger partial charge in [-0.2, -0.15) is 0 Å². The molecule has 2 aliphatic carbocycles. The molecule has 4 unspecified atom stereocenters. The molecule has 0 aromatic carbocycles. The Morgan fingerprint density at radius 3 is 2.85 bits per heavy atom. The van der Waals surface area contributed by atoms with E-state index in [4.69, 9.17) is 18.9 Å². The maximum Gasteiger partial charge on any atom is 0.158 e. The summed E-state index contributed by atoms with van der Waals surface area (Å²) < 4.78 is 24.3. The van der Waals surface area contributed by atoms with E-state index in [1.807, 2.05) is 6.92 Å². The Hall–Kier alpha value is -0.790. The molecule has 1 saturated carbocycles. The standard InChI is InChI=1S/C20H28O6/c1-12-6-7-19(10-21)13(9-12)25-17-15(26-14-5-3-4-8-23-14)16(22)18(19,2)20(17)11-24-20/h9-10,13-17,22H,3-8,11H2,1-2H3/t13?,14?,15-,16-,17?,18-,19-,20?/m1/s1. The molecular weight excluding hydrogens is 336 g/mol. The van der Waals surface area contributed by atoms with E-state index >= 15 is 0 Å². The van der Waals surface area contributed by atoms with E-state index < -0.39 is 28.6 Å². The number of fused-ring (bicyclic) bond motifs is 2. The molecule has 4 fully saturated rings. The van der Waals surface area contributed by atoms with Crippen molar-refractivity contribution in [3.05, 3.63) is 11.6 Å². The van der Waals surface area contributed by atoms with E-state index in [-0.39, 0.29) is 18.5 Å². The number of aldehydes is 1. The maximum atomic E-state index is 12.4. The molecule has 26 heavy (non-hydrogen) atoms. The van der Waals surface area contributed by atoms with E-state index in [1.165, 1.54) is 5.57 Å². The van der Waals surface area contributed by atoms with Gasteiger partial charge >= 0.3 is 0 Å². The fraction of sp³-hybridized carbons (Fsp3) is 0.850. The van der Waals surface area contributed by atoms with Crippen LogP contribution in [0.15, 0.2) is 11.6 Å².